The van der Waals surface area contributed by atoms with Crippen molar-refractivity contribution < 1.29 is 9.53 Å². The van der Waals surface area contributed by atoms with E-state index in [0.717, 1.165) is 28.6 Å². The van der Waals surface area contributed by atoms with Gasteiger partial charge in [0.15, 0.2) is 6.73 Å². The van der Waals surface area contributed by atoms with E-state index in [1.54, 1.807) is 15.4 Å². The standard InChI is InChI=1S/C27H30N6O2/c1-18(2)13-21-5-7-22(8-6-21)20(4)27(34)35-17-32-12-10-24-25(29-16-30-26(24)32)23-14-31-33(15-23)19(3)9-11-28/h5-8,10,12,14-16,18-20H,9,13,17H2,1-4H3/t19-,20-/m0/s1. The summed E-state index contributed by atoms with van der Waals surface area (Å²) < 4.78 is 9.19. The van der Waals surface area contributed by atoms with Gasteiger partial charge in [-0.15, -0.1) is 0 Å². The maximum atomic E-state index is 12.7. The fourth-order valence-corrected chi connectivity index (χ4v) is 4.07. The van der Waals surface area contributed by atoms with Crippen LogP contribution in [0.3, 0.4) is 0 Å². The second-order valence-corrected chi connectivity index (χ2v) is 9.32. The van der Waals surface area contributed by atoms with Crippen molar-refractivity contribution in [3.8, 4) is 17.3 Å². The fourth-order valence-electron chi connectivity index (χ4n) is 4.07. The van der Waals surface area contributed by atoms with Crippen LogP contribution in [0, 0.1) is 17.2 Å². The summed E-state index contributed by atoms with van der Waals surface area (Å²) in [5, 5.41) is 14.2. The normalized spacial score (nSPS) is 13.0. The van der Waals surface area contributed by atoms with Crippen molar-refractivity contribution >= 4 is 17.0 Å². The van der Waals surface area contributed by atoms with Crippen LogP contribution in [0.2, 0.25) is 0 Å². The van der Waals surface area contributed by atoms with Crippen LogP contribution in [-0.2, 0) is 22.7 Å². The Bertz CT molecular complexity index is 1350. The van der Waals surface area contributed by atoms with Crippen LogP contribution in [0.5, 0.6) is 0 Å². The van der Waals surface area contributed by atoms with Crippen LogP contribution in [-0.4, -0.2) is 30.3 Å². The molecule has 35 heavy (non-hydrogen) atoms. The number of benzene rings is 1. The summed E-state index contributed by atoms with van der Waals surface area (Å²) in [6.07, 6.45) is 8.35. The highest BCUT2D eigenvalue weighted by molar-refractivity contribution is 5.90. The van der Waals surface area contributed by atoms with Crippen molar-refractivity contribution in [2.75, 3.05) is 0 Å². The number of carbonyl (C=O) groups is 1. The number of fused-ring (bicyclic) bond motifs is 1. The Labute approximate surface area is 205 Å². The van der Waals surface area contributed by atoms with Crippen LogP contribution >= 0.6 is 0 Å². The van der Waals surface area contributed by atoms with E-state index in [-0.39, 0.29) is 24.7 Å². The molecule has 0 aliphatic carbocycles. The number of hydrogen-bond acceptors (Lipinski definition) is 6. The first kappa shape index (κ1) is 24.1. The van der Waals surface area contributed by atoms with Gasteiger partial charge in [-0.25, -0.2) is 9.97 Å². The lowest BCUT2D eigenvalue weighted by Crippen LogP contribution is -2.15. The number of aromatic nitrogens is 5. The molecule has 3 aromatic heterocycles. The predicted molar refractivity (Wildman–Crippen MR) is 133 cm³/mol. The maximum absolute atomic E-state index is 12.7. The van der Waals surface area contributed by atoms with Crippen molar-refractivity contribution in [3.05, 3.63) is 66.4 Å². The van der Waals surface area contributed by atoms with Gasteiger partial charge in [0.25, 0.3) is 0 Å². The van der Waals surface area contributed by atoms with Gasteiger partial charge in [-0.3, -0.25) is 14.0 Å². The van der Waals surface area contributed by atoms with Crippen LogP contribution in [0.25, 0.3) is 22.3 Å². The van der Waals surface area contributed by atoms with Crippen LogP contribution in [0.4, 0.5) is 0 Å². The molecule has 0 saturated heterocycles. The molecule has 0 spiro atoms. The summed E-state index contributed by atoms with van der Waals surface area (Å²) in [5.74, 6) is -0.0610. The Kier molecular flexibility index (Phi) is 7.25. The molecule has 0 bridgehead atoms. The lowest BCUT2D eigenvalue weighted by atomic mass is 9.97. The maximum Gasteiger partial charge on any atom is 0.314 e. The van der Waals surface area contributed by atoms with Gasteiger partial charge < -0.3 is 4.74 Å². The lowest BCUT2D eigenvalue weighted by Gasteiger charge is -2.14. The fraction of sp³-hybridized carbons (Fsp3) is 0.370. The predicted octanol–water partition coefficient (Wildman–Crippen LogP) is 5.27. The highest BCUT2D eigenvalue weighted by Crippen LogP contribution is 2.27. The first-order chi connectivity index (χ1) is 16.9. The summed E-state index contributed by atoms with van der Waals surface area (Å²) in [7, 11) is 0. The Morgan fingerprint density at radius 1 is 1.11 bits per heavy atom. The van der Waals surface area contributed by atoms with Crippen molar-refractivity contribution in [2.45, 2.75) is 59.2 Å². The van der Waals surface area contributed by atoms with Crippen molar-refractivity contribution in [2.24, 2.45) is 5.92 Å². The van der Waals surface area contributed by atoms with Gasteiger partial charge in [-0.1, -0.05) is 38.1 Å². The Morgan fingerprint density at radius 3 is 2.60 bits per heavy atom. The van der Waals surface area contributed by atoms with Gasteiger partial charge in [-0.05, 0) is 43.4 Å². The van der Waals surface area contributed by atoms with Crippen LogP contribution in [0.1, 0.15) is 57.2 Å². The summed E-state index contributed by atoms with van der Waals surface area (Å²) in [6, 6.07) is 12.2. The second-order valence-electron chi connectivity index (χ2n) is 9.32. The minimum Gasteiger partial charge on any atom is -0.443 e. The number of carbonyl (C=O) groups excluding carboxylic acids is 1. The zero-order valence-electron chi connectivity index (χ0n) is 20.5. The van der Waals surface area contributed by atoms with Crippen molar-refractivity contribution in [1.29, 1.82) is 5.26 Å². The third-order valence-electron chi connectivity index (χ3n) is 6.09. The molecule has 0 aliphatic heterocycles. The Hall–Kier alpha value is -3.99. The third kappa shape index (κ3) is 5.40. The van der Waals surface area contributed by atoms with E-state index in [4.69, 9.17) is 10.00 Å². The highest BCUT2D eigenvalue weighted by atomic mass is 16.5. The monoisotopic (exact) mass is 470 g/mol. The van der Waals surface area contributed by atoms with Gasteiger partial charge in [0, 0.05) is 23.3 Å². The molecule has 4 rings (SSSR count). The molecule has 1 aromatic carbocycles. The summed E-state index contributed by atoms with van der Waals surface area (Å²) in [5.41, 5.74) is 4.46. The molecule has 0 aliphatic rings. The van der Waals surface area contributed by atoms with E-state index in [1.807, 2.05) is 44.4 Å². The number of nitriles is 1. The van der Waals surface area contributed by atoms with E-state index in [2.05, 4.69) is 47.1 Å². The first-order valence-corrected chi connectivity index (χ1v) is 11.8. The average Bonchev–Trinajstić information content (AvgIpc) is 3.50. The third-order valence-corrected chi connectivity index (χ3v) is 6.09. The molecule has 8 nitrogen and oxygen atoms in total. The molecule has 3 heterocycles. The molecule has 0 N–H and O–H groups in total. The van der Waals surface area contributed by atoms with Gasteiger partial charge in [0.05, 0.1) is 36.3 Å². The van der Waals surface area contributed by atoms with Crippen LogP contribution < -0.4 is 0 Å². The molecule has 0 radical (unpaired) electrons. The van der Waals surface area contributed by atoms with Crippen molar-refractivity contribution in [1.82, 2.24) is 24.3 Å². The smallest absolute Gasteiger partial charge is 0.314 e. The van der Waals surface area contributed by atoms with Gasteiger partial charge >= 0.3 is 5.97 Å². The summed E-state index contributed by atoms with van der Waals surface area (Å²) in [4.78, 5) is 21.6. The summed E-state index contributed by atoms with van der Waals surface area (Å²) in [6.45, 7) is 8.25. The number of nitrogens with zero attached hydrogens (tertiary/aromatic N) is 6. The quantitative estimate of drug-likeness (QED) is 0.309. The average molecular weight is 471 g/mol. The van der Waals surface area contributed by atoms with Crippen molar-refractivity contribution in [3.63, 3.8) is 0 Å². The van der Waals surface area contributed by atoms with E-state index in [0.29, 0.717) is 18.0 Å². The number of rotatable bonds is 9. The molecule has 0 unspecified atom stereocenters. The zero-order valence-corrected chi connectivity index (χ0v) is 20.5. The molecule has 180 valence electrons. The van der Waals surface area contributed by atoms with E-state index in [9.17, 15) is 4.79 Å². The lowest BCUT2D eigenvalue weighted by molar-refractivity contribution is -0.148. The molecule has 4 aromatic rings. The molecular formula is C27H30N6O2. The van der Waals surface area contributed by atoms with Crippen LogP contribution in [0.15, 0.2) is 55.2 Å². The second kappa shape index (κ2) is 10.5. The molecular weight excluding hydrogens is 440 g/mol. The van der Waals surface area contributed by atoms with Gasteiger partial charge in [-0.2, -0.15) is 10.4 Å². The highest BCUT2D eigenvalue weighted by Gasteiger charge is 2.18. The Balaban J connectivity index is 1.46. The number of ether oxygens (including phenoxy) is 1. The van der Waals surface area contributed by atoms with E-state index < -0.39 is 0 Å². The van der Waals surface area contributed by atoms with Gasteiger partial charge in [0.1, 0.15) is 12.0 Å². The Morgan fingerprint density at radius 2 is 1.89 bits per heavy atom. The summed E-state index contributed by atoms with van der Waals surface area (Å²) >= 11 is 0. The largest absolute Gasteiger partial charge is 0.443 e. The topological polar surface area (TPSA) is 98.6 Å². The molecule has 0 amide bonds. The number of esters is 1. The van der Waals surface area contributed by atoms with E-state index >= 15 is 0 Å². The minimum atomic E-state index is -0.364. The molecule has 0 saturated carbocycles. The number of hydrogen-bond donors (Lipinski definition) is 0. The molecule has 8 heteroatoms. The van der Waals surface area contributed by atoms with E-state index in [1.165, 1.54) is 11.9 Å². The molecule has 0 fully saturated rings. The minimum absolute atomic E-state index is 0.0245. The SMILES string of the molecule is CC(C)Cc1ccc([C@H](C)C(=O)OCn2ccc3c(-c4cnn([C@@H](C)CC#N)c4)ncnc32)cc1. The van der Waals surface area contributed by atoms with Gasteiger partial charge in [0.2, 0.25) is 0 Å². The first-order valence-electron chi connectivity index (χ1n) is 11.8. The molecule has 2 atom stereocenters. The zero-order chi connectivity index (χ0) is 24.9.